The predicted octanol–water partition coefficient (Wildman–Crippen LogP) is 4.02. The van der Waals surface area contributed by atoms with E-state index in [0.717, 1.165) is 39.9 Å². The number of aliphatic hydroxyl groups excluding tert-OH is 1. The number of anilines is 2. The molecular weight excluding hydrogens is 409 g/mol. The molecule has 0 aliphatic carbocycles. The van der Waals surface area contributed by atoms with Crippen LogP contribution in [0.4, 0.5) is 15.9 Å². The topological polar surface area (TPSA) is 106 Å². The third-order valence-corrected chi connectivity index (χ3v) is 5.60. The van der Waals surface area contributed by atoms with Crippen molar-refractivity contribution in [2.75, 3.05) is 11.1 Å². The van der Waals surface area contributed by atoms with Gasteiger partial charge in [-0.1, -0.05) is 18.2 Å². The molecule has 0 spiro atoms. The minimum absolute atomic E-state index is 0.185. The minimum atomic E-state index is -1.48. The molecule has 7 nitrogen and oxygen atoms in total. The van der Waals surface area contributed by atoms with Crippen molar-refractivity contribution in [2.45, 2.75) is 33.8 Å². The van der Waals surface area contributed by atoms with Crippen molar-refractivity contribution in [1.82, 2.24) is 14.4 Å². The molecule has 4 aromatic rings. The summed E-state index contributed by atoms with van der Waals surface area (Å²) < 4.78 is 15.4. The highest BCUT2D eigenvalue weighted by molar-refractivity contribution is 5.95. The zero-order chi connectivity index (χ0) is 23.2. The molecular formula is C24H24FN5O2. The highest BCUT2D eigenvalue weighted by atomic mass is 19.1. The molecule has 0 aliphatic rings. The van der Waals surface area contributed by atoms with Crippen LogP contribution in [-0.2, 0) is 4.79 Å². The second kappa shape index (κ2) is 8.05. The lowest BCUT2D eigenvalue weighted by molar-refractivity contribution is -0.124. The quantitative estimate of drug-likeness (QED) is 0.451. The Kier molecular flexibility index (Phi) is 5.40. The molecule has 8 heteroatoms. The molecule has 2 heterocycles. The van der Waals surface area contributed by atoms with E-state index in [4.69, 9.17) is 10.7 Å². The SMILES string of the molecule is Cc1cc(NC(=O)[C@@H](O)c2cccc(F)c2)ccc1-c1nc(C)n2c(C)c(C)nc(N)c12. The molecule has 1 amide bonds. The van der Waals surface area contributed by atoms with Crippen molar-refractivity contribution in [3.8, 4) is 11.3 Å². The molecule has 2 aromatic carbocycles. The third kappa shape index (κ3) is 3.69. The van der Waals surface area contributed by atoms with Crippen molar-refractivity contribution in [3.63, 3.8) is 0 Å². The Balaban J connectivity index is 1.66. The Labute approximate surface area is 184 Å². The number of nitrogens with two attached hydrogens (primary N) is 1. The Hall–Kier alpha value is -3.78. The number of benzene rings is 2. The van der Waals surface area contributed by atoms with Gasteiger partial charge in [-0.15, -0.1) is 0 Å². The molecule has 0 unspecified atom stereocenters. The Bertz CT molecular complexity index is 1360. The van der Waals surface area contributed by atoms with Gasteiger partial charge < -0.3 is 16.2 Å². The van der Waals surface area contributed by atoms with Crippen molar-refractivity contribution in [2.24, 2.45) is 0 Å². The number of halogens is 1. The Morgan fingerprint density at radius 2 is 1.88 bits per heavy atom. The van der Waals surface area contributed by atoms with Gasteiger partial charge in [-0.2, -0.15) is 0 Å². The summed E-state index contributed by atoms with van der Waals surface area (Å²) in [5.41, 5.74) is 11.9. The van der Waals surface area contributed by atoms with Crippen molar-refractivity contribution in [1.29, 1.82) is 0 Å². The first-order valence-corrected chi connectivity index (χ1v) is 10.1. The number of nitrogen functional groups attached to an aromatic ring is 1. The van der Waals surface area contributed by atoms with Crippen LogP contribution < -0.4 is 11.1 Å². The molecule has 0 saturated carbocycles. The smallest absolute Gasteiger partial charge is 0.257 e. The molecule has 0 aliphatic heterocycles. The molecule has 0 fully saturated rings. The van der Waals surface area contributed by atoms with E-state index in [2.05, 4.69) is 10.3 Å². The number of fused-ring (bicyclic) bond motifs is 1. The van der Waals surface area contributed by atoms with Gasteiger partial charge in [0.25, 0.3) is 5.91 Å². The van der Waals surface area contributed by atoms with E-state index in [9.17, 15) is 14.3 Å². The maximum atomic E-state index is 13.4. The zero-order valence-electron chi connectivity index (χ0n) is 18.3. The number of aromatic nitrogens is 3. The first-order chi connectivity index (χ1) is 15.2. The van der Waals surface area contributed by atoms with E-state index in [1.165, 1.54) is 18.2 Å². The average Bonchev–Trinajstić information content (AvgIpc) is 3.09. The van der Waals surface area contributed by atoms with Crippen LogP contribution >= 0.6 is 0 Å². The van der Waals surface area contributed by atoms with Crippen LogP contribution in [0.3, 0.4) is 0 Å². The molecule has 0 bridgehead atoms. The summed E-state index contributed by atoms with van der Waals surface area (Å²) in [5.74, 6) is 0.0419. The number of carbonyl (C=O) groups excluding carboxylic acids is 1. The number of imidazole rings is 1. The molecule has 4 N–H and O–H groups in total. The highest BCUT2D eigenvalue weighted by Crippen LogP contribution is 2.33. The van der Waals surface area contributed by atoms with Crippen molar-refractivity contribution in [3.05, 3.63) is 76.6 Å². The summed E-state index contributed by atoms with van der Waals surface area (Å²) in [6.07, 6.45) is -1.48. The van der Waals surface area contributed by atoms with Crippen LogP contribution in [0.15, 0.2) is 42.5 Å². The lowest BCUT2D eigenvalue weighted by Crippen LogP contribution is -2.21. The molecule has 1 atom stereocenters. The van der Waals surface area contributed by atoms with Crippen LogP contribution in [0.5, 0.6) is 0 Å². The van der Waals surface area contributed by atoms with Crippen LogP contribution in [-0.4, -0.2) is 25.4 Å². The van der Waals surface area contributed by atoms with Crippen LogP contribution in [0, 0.1) is 33.5 Å². The summed E-state index contributed by atoms with van der Waals surface area (Å²) in [5, 5.41) is 12.9. The molecule has 2 aromatic heterocycles. The molecule has 4 rings (SSSR count). The summed E-state index contributed by atoms with van der Waals surface area (Å²) >= 11 is 0. The van der Waals surface area contributed by atoms with Gasteiger partial charge in [0.15, 0.2) is 6.10 Å². The van der Waals surface area contributed by atoms with Gasteiger partial charge in [0.05, 0.1) is 5.69 Å². The summed E-state index contributed by atoms with van der Waals surface area (Å²) in [4.78, 5) is 21.6. The number of hydrogen-bond donors (Lipinski definition) is 3. The molecule has 0 saturated heterocycles. The normalized spacial score (nSPS) is 12.2. The van der Waals surface area contributed by atoms with Gasteiger partial charge in [-0.05, 0) is 63.1 Å². The number of hydrogen-bond acceptors (Lipinski definition) is 5. The molecule has 32 heavy (non-hydrogen) atoms. The van der Waals surface area contributed by atoms with Gasteiger partial charge in [0.1, 0.15) is 28.7 Å². The van der Waals surface area contributed by atoms with Gasteiger partial charge in [-0.25, -0.2) is 14.4 Å². The van der Waals surface area contributed by atoms with Gasteiger partial charge in [-0.3, -0.25) is 9.20 Å². The first kappa shape index (κ1) is 21.5. The Morgan fingerprint density at radius 3 is 2.56 bits per heavy atom. The number of aliphatic hydroxyl groups is 1. The standard InChI is InChI=1S/C24H24FN5O2/c1-12-10-18(29-24(32)22(31)16-6-5-7-17(25)11-16)8-9-19(12)20-21-23(26)27-13(2)14(3)30(21)15(4)28-20/h5-11,22,31H,1-4H3,(H2,26,27)(H,29,32)/t22-/m0/s1. The lowest BCUT2D eigenvalue weighted by Gasteiger charge is -2.13. The van der Waals surface area contributed by atoms with Gasteiger partial charge in [0, 0.05) is 16.9 Å². The highest BCUT2D eigenvalue weighted by Gasteiger charge is 2.20. The number of carbonyl (C=O) groups is 1. The van der Waals surface area contributed by atoms with Crippen molar-refractivity contribution < 1.29 is 14.3 Å². The minimum Gasteiger partial charge on any atom is -0.382 e. The van der Waals surface area contributed by atoms with Gasteiger partial charge >= 0.3 is 0 Å². The number of nitrogens with zero attached hydrogens (tertiary/aromatic N) is 3. The second-order valence-corrected chi connectivity index (χ2v) is 7.84. The zero-order valence-corrected chi connectivity index (χ0v) is 18.3. The van der Waals surface area contributed by atoms with E-state index in [1.807, 2.05) is 38.2 Å². The number of nitrogens with one attached hydrogen (secondary N) is 1. The summed E-state index contributed by atoms with van der Waals surface area (Å²) in [7, 11) is 0. The van der Waals surface area contributed by atoms with Crippen LogP contribution in [0.25, 0.3) is 16.8 Å². The largest absolute Gasteiger partial charge is 0.382 e. The maximum absolute atomic E-state index is 13.4. The number of amides is 1. The van der Waals surface area contributed by atoms with E-state index in [-0.39, 0.29) is 5.56 Å². The summed E-state index contributed by atoms with van der Waals surface area (Å²) in [6.45, 7) is 7.70. The number of rotatable bonds is 4. The fourth-order valence-electron chi connectivity index (χ4n) is 3.89. The summed E-state index contributed by atoms with van der Waals surface area (Å²) in [6, 6.07) is 10.7. The Morgan fingerprint density at radius 1 is 1.12 bits per heavy atom. The first-order valence-electron chi connectivity index (χ1n) is 10.1. The van der Waals surface area contributed by atoms with Crippen molar-refractivity contribution >= 4 is 22.9 Å². The molecule has 0 radical (unpaired) electrons. The maximum Gasteiger partial charge on any atom is 0.257 e. The average molecular weight is 433 g/mol. The monoisotopic (exact) mass is 433 g/mol. The van der Waals surface area contributed by atoms with E-state index < -0.39 is 17.8 Å². The van der Waals surface area contributed by atoms with Gasteiger partial charge in [0.2, 0.25) is 0 Å². The fourth-order valence-corrected chi connectivity index (χ4v) is 3.89. The fraction of sp³-hybridized carbons (Fsp3) is 0.208. The third-order valence-electron chi connectivity index (χ3n) is 5.60. The van der Waals surface area contributed by atoms with E-state index in [1.54, 1.807) is 12.1 Å². The van der Waals surface area contributed by atoms with Crippen LogP contribution in [0.1, 0.15) is 34.4 Å². The lowest BCUT2D eigenvalue weighted by atomic mass is 10.0. The second-order valence-electron chi connectivity index (χ2n) is 7.84. The van der Waals surface area contributed by atoms with E-state index in [0.29, 0.717) is 17.2 Å². The predicted molar refractivity (Wildman–Crippen MR) is 122 cm³/mol. The van der Waals surface area contributed by atoms with Crippen LogP contribution in [0.2, 0.25) is 0 Å². The van der Waals surface area contributed by atoms with E-state index >= 15 is 0 Å². The molecule has 164 valence electrons. The number of aryl methyl sites for hydroxylation is 4.